The molecule has 0 bridgehead atoms. The molecule has 0 aliphatic heterocycles. The second-order valence-electron chi connectivity index (χ2n) is 25.1. The molecule has 0 spiro atoms. The number of nitrogens with zero attached hydrogens (tertiary/aromatic N) is 6. The van der Waals surface area contributed by atoms with Crippen molar-refractivity contribution >= 4 is 205 Å². The van der Waals surface area contributed by atoms with Crippen molar-refractivity contribution in [3.63, 3.8) is 0 Å². The summed E-state index contributed by atoms with van der Waals surface area (Å²) in [5.41, 5.74) is 5.76. The highest BCUT2D eigenvalue weighted by Crippen LogP contribution is 2.48. The number of furan rings is 2. The lowest BCUT2D eigenvalue weighted by Crippen LogP contribution is -1.90. The zero-order valence-corrected chi connectivity index (χ0v) is 53.0. The summed E-state index contributed by atoms with van der Waals surface area (Å²) in [5.74, 6) is 0. The summed E-state index contributed by atoms with van der Waals surface area (Å²) in [7, 11) is 0. The third-order valence-electron chi connectivity index (χ3n) is 20.1. The second-order valence-corrected chi connectivity index (χ2v) is 26.2. The summed E-state index contributed by atoms with van der Waals surface area (Å²) in [5, 5.41) is 91.2. The fourth-order valence-corrected chi connectivity index (χ4v) is 16.8. The Morgan fingerprint density at radius 1 is 0.192 bits per heavy atom. The maximum absolute atomic E-state index is 9.73. The normalized spacial score (nSPS) is 11.6. The molecular weight excluding hydrogens is 1230 g/mol. The average molecular weight is 1270 g/mol. The number of thiophene rings is 1. The zero-order chi connectivity index (χ0) is 66.3. The molecule has 0 saturated heterocycles. The van der Waals surface area contributed by atoms with Crippen LogP contribution in [0.5, 0.6) is 0 Å². The van der Waals surface area contributed by atoms with E-state index in [2.05, 4.69) is 188 Å². The van der Waals surface area contributed by atoms with Crippen molar-refractivity contribution in [3.05, 3.63) is 288 Å². The van der Waals surface area contributed by atoms with Crippen molar-refractivity contribution in [3.8, 4) is 36.4 Å². The fraction of sp³-hybridized carbons (Fsp3) is 0. The van der Waals surface area contributed by atoms with Crippen molar-refractivity contribution < 1.29 is 8.83 Å². The molecule has 0 atom stereocenters. The van der Waals surface area contributed by atoms with Crippen LogP contribution in [0.2, 0.25) is 0 Å². The lowest BCUT2D eigenvalue weighted by atomic mass is 9.88. The largest absolute Gasteiger partial charge is 0.456 e. The number of rotatable bonds is 0. The Morgan fingerprint density at radius 2 is 0.485 bits per heavy atom. The van der Waals surface area contributed by atoms with Crippen LogP contribution < -0.4 is 0 Å². The van der Waals surface area contributed by atoms with Crippen LogP contribution in [0.25, 0.3) is 193 Å². The molecule has 8 nitrogen and oxygen atoms in total. The van der Waals surface area contributed by atoms with Gasteiger partial charge in [0.1, 0.15) is 58.7 Å². The SMILES string of the molecule is N#Cc1cc2c3cc4c(cc3c3ccc5ccccc5c3c2cc1C#N)oc1ccccc14.N#Cc1cc2c3cc4oc5ccccc5c4cc3c3ccc4ccccc4c3c2cc1C#N.N#Cc1cc2c3cc4sc5ccccc5c4cc3c3ccc4ccccc4c3c2cc1C#N. The van der Waals surface area contributed by atoms with Crippen molar-refractivity contribution in [1.29, 1.82) is 31.6 Å². The predicted octanol–water partition coefficient (Wildman–Crippen LogP) is 24.3. The van der Waals surface area contributed by atoms with E-state index in [1.54, 1.807) is 11.3 Å². The van der Waals surface area contributed by atoms with Gasteiger partial charge in [0.05, 0.1) is 33.4 Å². The molecule has 0 aliphatic rings. The maximum Gasteiger partial charge on any atom is 0.136 e. The Labute approximate surface area is 566 Å². The van der Waals surface area contributed by atoms with Gasteiger partial charge in [0.2, 0.25) is 0 Å². The van der Waals surface area contributed by atoms with Crippen LogP contribution in [0.15, 0.2) is 264 Å². The Balaban J connectivity index is 0.000000104. The van der Waals surface area contributed by atoms with Crippen molar-refractivity contribution in [2.45, 2.75) is 0 Å². The second kappa shape index (κ2) is 21.7. The molecule has 21 aromatic rings. The van der Waals surface area contributed by atoms with Gasteiger partial charge in [0.15, 0.2) is 0 Å². The van der Waals surface area contributed by atoms with Crippen LogP contribution >= 0.6 is 11.3 Å². The van der Waals surface area contributed by atoms with Crippen LogP contribution in [-0.4, -0.2) is 0 Å². The third-order valence-corrected chi connectivity index (χ3v) is 21.2. The highest BCUT2D eigenvalue weighted by atomic mass is 32.1. The summed E-state index contributed by atoms with van der Waals surface area (Å²) < 4.78 is 14.9. The molecule has 21 rings (SSSR count). The standard InChI is InChI=1S/2C30H14N2O.C30H14N2S/c31-15-18-11-23-24-13-26-21-7-3-4-8-28(21)33-29(26)14-25(24)22-10-9-17-5-1-2-6-20(17)30(22)27(23)12-19(18)16-32;2*31-15-18-11-23-25-14-29-26(21-7-3-4-8-28(21)33-29)13-24(25)22-10-9-17-5-1-2-6-20(17)30(22)27(23)12-19(18)16-32/h3*1-14H. The van der Waals surface area contributed by atoms with Gasteiger partial charge in [-0.25, -0.2) is 0 Å². The first-order chi connectivity index (χ1) is 48.8. The van der Waals surface area contributed by atoms with E-state index in [-0.39, 0.29) is 0 Å². The van der Waals surface area contributed by atoms with Gasteiger partial charge >= 0.3 is 0 Å². The van der Waals surface area contributed by atoms with Crippen LogP contribution in [0.3, 0.4) is 0 Å². The van der Waals surface area contributed by atoms with E-state index < -0.39 is 0 Å². The molecule has 0 aliphatic carbocycles. The minimum Gasteiger partial charge on any atom is -0.456 e. The summed E-state index contributed by atoms with van der Waals surface area (Å²) in [4.78, 5) is 0. The van der Waals surface area contributed by atoms with Crippen LogP contribution in [0.4, 0.5) is 0 Å². The molecular formula is C90H42N6O2S. The predicted molar refractivity (Wildman–Crippen MR) is 405 cm³/mol. The highest BCUT2D eigenvalue weighted by molar-refractivity contribution is 7.25. The maximum atomic E-state index is 9.73. The monoisotopic (exact) mass is 1270 g/mol. The van der Waals surface area contributed by atoms with Gasteiger partial charge in [0, 0.05) is 41.7 Å². The molecule has 3 aromatic heterocycles. The first-order valence-electron chi connectivity index (χ1n) is 32.2. The lowest BCUT2D eigenvalue weighted by Gasteiger charge is -2.14. The quantitative estimate of drug-likeness (QED) is 0.135. The summed E-state index contributed by atoms with van der Waals surface area (Å²) in [6.45, 7) is 0. The average Bonchev–Trinajstić information content (AvgIpc) is 1.64. The number of nitriles is 6. The molecule has 3 heterocycles. The minimum absolute atomic E-state index is 0.385. The van der Waals surface area contributed by atoms with Crippen molar-refractivity contribution in [1.82, 2.24) is 0 Å². The highest BCUT2D eigenvalue weighted by Gasteiger charge is 2.22. The molecule has 0 fully saturated rings. The minimum atomic E-state index is 0.385. The van der Waals surface area contributed by atoms with Gasteiger partial charge in [-0.3, -0.25) is 0 Å². The summed E-state index contributed by atoms with van der Waals surface area (Å²) >= 11 is 1.79. The van der Waals surface area contributed by atoms with Gasteiger partial charge in [-0.2, -0.15) is 31.6 Å². The molecule has 0 saturated carbocycles. The summed E-state index contributed by atoms with van der Waals surface area (Å²) in [6.07, 6.45) is 0. The lowest BCUT2D eigenvalue weighted by molar-refractivity contribution is 0.669. The molecule has 18 aromatic carbocycles. The summed E-state index contributed by atoms with van der Waals surface area (Å²) in [6, 6.07) is 100. The van der Waals surface area contributed by atoms with Gasteiger partial charge in [-0.1, -0.05) is 164 Å². The van der Waals surface area contributed by atoms with E-state index in [0.29, 0.717) is 33.4 Å². The van der Waals surface area contributed by atoms with Crippen LogP contribution in [0.1, 0.15) is 33.4 Å². The van der Waals surface area contributed by atoms with Gasteiger partial charge < -0.3 is 8.83 Å². The smallest absolute Gasteiger partial charge is 0.136 e. The van der Waals surface area contributed by atoms with E-state index in [1.807, 2.05) is 103 Å². The Kier molecular flexibility index (Phi) is 12.4. The number of hydrogen-bond acceptors (Lipinski definition) is 9. The Bertz CT molecular complexity index is 7270. The number of hydrogen-bond donors (Lipinski definition) is 0. The number of benzene rings is 18. The van der Waals surface area contributed by atoms with Gasteiger partial charge in [-0.05, 0) is 220 Å². The van der Waals surface area contributed by atoms with E-state index in [1.165, 1.54) is 30.9 Å². The molecule has 0 radical (unpaired) electrons. The van der Waals surface area contributed by atoms with E-state index in [0.717, 1.165) is 162 Å². The Hall–Kier alpha value is -14.2. The fourth-order valence-electron chi connectivity index (χ4n) is 15.7. The number of para-hydroxylation sites is 2. The van der Waals surface area contributed by atoms with Crippen molar-refractivity contribution in [2.75, 3.05) is 0 Å². The van der Waals surface area contributed by atoms with Crippen molar-refractivity contribution in [2.24, 2.45) is 0 Å². The molecule has 0 unspecified atom stereocenters. The van der Waals surface area contributed by atoms with Gasteiger partial charge in [-0.15, -0.1) is 11.3 Å². The molecule has 9 heteroatoms. The van der Waals surface area contributed by atoms with Gasteiger partial charge in [0.25, 0.3) is 0 Å². The molecule has 450 valence electrons. The van der Waals surface area contributed by atoms with E-state index >= 15 is 0 Å². The van der Waals surface area contributed by atoms with E-state index in [4.69, 9.17) is 8.83 Å². The first kappa shape index (κ1) is 56.4. The van der Waals surface area contributed by atoms with Crippen LogP contribution in [-0.2, 0) is 0 Å². The third kappa shape index (κ3) is 8.38. The molecule has 0 N–H and O–H groups in total. The number of fused-ring (bicyclic) bond motifs is 33. The molecule has 0 amide bonds. The first-order valence-corrected chi connectivity index (χ1v) is 33.0. The molecule has 99 heavy (non-hydrogen) atoms. The Morgan fingerprint density at radius 3 is 0.889 bits per heavy atom. The topological polar surface area (TPSA) is 169 Å². The van der Waals surface area contributed by atoms with E-state index in [9.17, 15) is 31.6 Å². The zero-order valence-electron chi connectivity index (χ0n) is 52.2. The van der Waals surface area contributed by atoms with Crippen LogP contribution in [0, 0.1) is 68.0 Å².